The van der Waals surface area contributed by atoms with Crippen LogP contribution in [0.3, 0.4) is 0 Å². The van der Waals surface area contributed by atoms with Crippen molar-refractivity contribution in [2.75, 3.05) is 0 Å². The highest BCUT2D eigenvalue weighted by atomic mass is 35.5. The fourth-order valence-electron chi connectivity index (χ4n) is 1.51. The van der Waals surface area contributed by atoms with Gasteiger partial charge in [0.2, 0.25) is 0 Å². The van der Waals surface area contributed by atoms with Crippen molar-refractivity contribution in [2.45, 2.75) is 6.92 Å². The van der Waals surface area contributed by atoms with Crippen LogP contribution in [0, 0.1) is 6.92 Å². The normalized spacial score (nSPS) is 9.56. The lowest BCUT2D eigenvalue weighted by Gasteiger charge is -2.07. The molecule has 1 aromatic carbocycles. The molecule has 1 heterocycles. The first-order valence-corrected chi connectivity index (χ1v) is 4.57. The van der Waals surface area contributed by atoms with E-state index in [4.69, 9.17) is 0 Å². The van der Waals surface area contributed by atoms with Crippen molar-refractivity contribution in [1.29, 1.82) is 0 Å². The van der Waals surface area contributed by atoms with Gasteiger partial charge in [0.05, 0.1) is 5.69 Å². The zero-order valence-corrected chi connectivity index (χ0v) is 9.45. The van der Waals surface area contributed by atoms with Crippen LogP contribution in [0.4, 0.5) is 0 Å². The van der Waals surface area contributed by atoms with Gasteiger partial charge in [-0.2, -0.15) is 0 Å². The summed E-state index contributed by atoms with van der Waals surface area (Å²) in [5, 5.41) is 0. The maximum absolute atomic E-state index is 11.6. The zero-order chi connectivity index (χ0) is 10.8. The maximum Gasteiger partial charge on any atom is 0.333 e. The predicted octanol–water partition coefficient (Wildman–Crippen LogP) is 1.26. The summed E-state index contributed by atoms with van der Waals surface area (Å²) in [6, 6.07) is 10.6. The monoisotopic (exact) mass is 238 g/mol. The topological polar surface area (TPSA) is 54.9 Å². The molecule has 0 amide bonds. The van der Waals surface area contributed by atoms with Crippen LogP contribution in [0.2, 0.25) is 0 Å². The van der Waals surface area contributed by atoms with Gasteiger partial charge in [0, 0.05) is 11.8 Å². The number of rotatable bonds is 1. The first-order valence-electron chi connectivity index (χ1n) is 4.57. The lowest BCUT2D eigenvalue weighted by molar-refractivity contribution is 0.856. The van der Waals surface area contributed by atoms with Gasteiger partial charge >= 0.3 is 5.69 Å². The van der Waals surface area contributed by atoms with E-state index in [0.717, 1.165) is 5.69 Å². The summed E-state index contributed by atoms with van der Waals surface area (Å²) in [7, 11) is 0. The number of H-pyrrole nitrogens is 1. The van der Waals surface area contributed by atoms with E-state index >= 15 is 0 Å². The smallest absolute Gasteiger partial charge is 0.274 e. The largest absolute Gasteiger partial charge is 0.333 e. The molecule has 2 rings (SSSR count). The van der Waals surface area contributed by atoms with E-state index in [-0.39, 0.29) is 18.0 Å². The third-order valence-electron chi connectivity index (χ3n) is 2.14. The number of nitrogens with zero attached hydrogens (tertiary/aromatic N) is 1. The summed E-state index contributed by atoms with van der Waals surface area (Å²) >= 11 is 0. The molecule has 84 valence electrons. The van der Waals surface area contributed by atoms with Crippen LogP contribution in [-0.4, -0.2) is 9.55 Å². The third kappa shape index (κ3) is 2.23. The number of aromatic nitrogens is 2. The molecule has 0 saturated heterocycles. The van der Waals surface area contributed by atoms with Crippen LogP contribution in [0.15, 0.2) is 46.0 Å². The summed E-state index contributed by atoms with van der Waals surface area (Å²) in [6.45, 7) is 1.73. The van der Waals surface area contributed by atoms with Crippen molar-refractivity contribution >= 4 is 12.4 Å². The first-order chi connectivity index (χ1) is 7.18. The Morgan fingerprint density at radius 2 is 1.75 bits per heavy atom. The minimum atomic E-state index is -0.411. The number of para-hydroxylation sites is 1. The summed E-state index contributed by atoms with van der Waals surface area (Å²) < 4.78 is 1.46. The fraction of sp³-hybridized carbons (Fsp3) is 0.0909. The Labute approximate surface area is 98.0 Å². The van der Waals surface area contributed by atoms with Crippen molar-refractivity contribution in [1.82, 2.24) is 9.55 Å². The quantitative estimate of drug-likeness (QED) is 0.813. The van der Waals surface area contributed by atoms with Crippen molar-refractivity contribution in [3.63, 3.8) is 0 Å². The highest BCUT2D eigenvalue weighted by Crippen LogP contribution is 2.04. The predicted molar refractivity (Wildman–Crippen MR) is 64.6 cm³/mol. The standard InChI is InChI=1S/C11H10N2O2.ClH/c1-8-7-10(14)12-11(15)13(8)9-5-3-2-4-6-9;/h2-7H,1H3,(H,12,14,15);1H. The molecule has 0 aliphatic heterocycles. The van der Waals surface area contributed by atoms with Crippen molar-refractivity contribution in [2.24, 2.45) is 0 Å². The number of aromatic amines is 1. The Hall–Kier alpha value is -1.81. The molecule has 0 unspecified atom stereocenters. The van der Waals surface area contributed by atoms with Crippen molar-refractivity contribution < 1.29 is 0 Å². The number of halogens is 1. The summed E-state index contributed by atoms with van der Waals surface area (Å²) in [5.41, 5.74) is 0.585. The molecule has 2 aromatic rings. The molecule has 0 spiro atoms. The number of hydrogen-bond acceptors (Lipinski definition) is 2. The van der Waals surface area contributed by atoms with Crippen molar-refractivity contribution in [3.8, 4) is 5.69 Å². The van der Waals surface area contributed by atoms with Gasteiger partial charge < -0.3 is 0 Å². The number of benzene rings is 1. The number of aryl methyl sites for hydroxylation is 1. The van der Waals surface area contributed by atoms with Gasteiger partial charge in [0.1, 0.15) is 0 Å². The molecular weight excluding hydrogens is 228 g/mol. The third-order valence-corrected chi connectivity index (χ3v) is 2.14. The van der Waals surface area contributed by atoms with Gasteiger partial charge in [-0.3, -0.25) is 14.3 Å². The number of hydrogen-bond donors (Lipinski definition) is 1. The molecule has 0 aliphatic rings. The minimum absolute atomic E-state index is 0. The van der Waals surface area contributed by atoms with E-state index in [1.807, 2.05) is 30.3 Å². The van der Waals surface area contributed by atoms with Crippen LogP contribution in [0.5, 0.6) is 0 Å². The molecule has 16 heavy (non-hydrogen) atoms. The highest BCUT2D eigenvalue weighted by molar-refractivity contribution is 5.85. The van der Waals surface area contributed by atoms with Gasteiger partial charge in [-0.05, 0) is 19.1 Å². The molecule has 5 heteroatoms. The minimum Gasteiger partial charge on any atom is -0.274 e. The van der Waals surface area contributed by atoms with Gasteiger partial charge in [-0.15, -0.1) is 12.4 Å². The second-order valence-electron chi connectivity index (χ2n) is 3.25. The maximum atomic E-state index is 11.6. The van der Waals surface area contributed by atoms with Crippen LogP contribution in [0.1, 0.15) is 5.69 Å². The molecule has 1 aromatic heterocycles. The van der Waals surface area contributed by atoms with Crippen LogP contribution in [-0.2, 0) is 0 Å². The first kappa shape index (κ1) is 12.3. The van der Waals surface area contributed by atoms with Gasteiger partial charge in [-0.25, -0.2) is 4.79 Å². The highest BCUT2D eigenvalue weighted by Gasteiger charge is 2.03. The molecule has 0 fully saturated rings. The Bertz CT molecular complexity index is 587. The Balaban J connectivity index is 0.00000128. The van der Waals surface area contributed by atoms with Crippen LogP contribution in [0.25, 0.3) is 5.69 Å². The van der Waals surface area contributed by atoms with Crippen molar-refractivity contribution in [3.05, 3.63) is 62.9 Å². The number of nitrogens with one attached hydrogen (secondary N) is 1. The van der Waals surface area contributed by atoms with Gasteiger partial charge in [0.25, 0.3) is 5.56 Å². The van der Waals surface area contributed by atoms with E-state index in [1.165, 1.54) is 10.6 Å². The molecule has 1 N–H and O–H groups in total. The summed E-state index contributed by atoms with van der Waals surface area (Å²) in [6.07, 6.45) is 0. The zero-order valence-electron chi connectivity index (χ0n) is 8.64. The summed E-state index contributed by atoms with van der Waals surface area (Å²) in [5.74, 6) is 0. The average Bonchev–Trinajstić information content (AvgIpc) is 2.17. The second-order valence-corrected chi connectivity index (χ2v) is 3.25. The van der Waals surface area contributed by atoms with Gasteiger partial charge in [0.15, 0.2) is 0 Å². The molecule has 0 aliphatic carbocycles. The average molecular weight is 239 g/mol. The van der Waals surface area contributed by atoms with E-state index in [0.29, 0.717) is 5.69 Å². The molecule has 0 radical (unpaired) electrons. The Morgan fingerprint density at radius 1 is 1.12 bits per heavy atom. The molecule has 0 bridgehead atoms. The van der Waals surface area contributed by atoms with E-state index in [1.54, 1.807) is 6.92 Å². The second kappa shape index (κ2) is 4.81. The van der Waals surface area contributed by atoms with Crippen LogP contribution < -0.4 is 11.2 Å². The molecular formula is C11H11ClN2O2. The SMILES string of the molecule is Cc1cc(=O)[nH]c(=O)n1-c1ccccc1.Cl. The molecule has 0 atom stereocenters. The summed E-state index contributed by atoms with van der Waals surface area (Å²) in [4.78, 5) is 24.8. The fourth-order valence-corrected chi connectivity index (χ4v) is 1.51. The lowest BCUT2D eigenvalue weighted by Crippen LogP contribution is -2.29. The Morgan fingerprint density at radius 3 is 2.31 bits per heavy atom. The van der Waals surface area contributed by atoms with E-state index in [9.17, 15) is 9.59 Å². The Kier molecular flexibility index (Phi) is 3.68. The molecule has 4 nitrogen and oxygen atoms in total. The lowest BCUT2D eigenvalue weighted by atomic mass is 10.3. The molecule has 0 saturated carbocycles. The van der Waals surface area contributed by atoms with E-state index in [2.05, 4.69) is 4.98 Å². The van der Waals surface area contributed by atoms with Gasteiger partial charge in [-0.1, -0.05) is 18.2 Å². The van der Waals surface area contributed by atoms with Crippen LogP contribution >= 0.6 is 12.4 Å². The van der Waals surface area contributed by atoms with E-state index < -0.39 is 5.69 Å².